The Balaban J connectivity index is 1.39. The molecule has 7 nitrogen and oxygen atoms in total. The van der Waals surface area contributed by atoms with E-state index < -0.39 is 0 Å². The first-order valence-electron chi connectivity index (χ1n) is 9.80. The van der Waals surface area contributed by atoms with Gasteiger partial charge in [-0.1, -0.05) is 6.07 Å². The third-order valence-corrected chi connectivity index (χ3v) is 4.81. The molecule has 0 aliphatic heterocycles. The number of aryl methyl sites for hydroxylation is 2. The zero-order chi connectivity index (χ0) is 21.2. The van der Waals surface area contributed by atoms with Crippen molar-refractivity contribution in [2.45, 2.75) is 13.8 Å². The number of ether oxygens (including phenoxy) is 1. The first-order chi connectivity index (χ1) is 15.2. The van der Waals surface area contributed by atoms with E-state index in [1.807, 2.05) is 68.4 Å². The highest BCUT2D eigenvalue weighted by molar-refractivity contribution is 5.76. The van der Waals surface area contributed by atoms with Crippen LogP contribution in [0.3, 0.4) is 0 Å². The van der Waals surface area contributed by atoms with E-state index in [1.165, 1.54) is 6.33 Å². The summed E-state index contributed by atoms with van der Waals surface area (Å²) in [6.07, 6.45) is 4.89. The lowest BCUT2D eigenvalue weighted by Crippen LogP contribution is -1.96. The maximum absolute atomic E-state index is 6.12. The summed E-state index contributed by atoms with van der Waals surface area (Å²) in [5.74, 6) is 1.19. The van der Waals surface area contributed by atoms with Gasteiger partial charge in [0.1, 0.15) is 17.6 Å². The number of nitrogens with one attached hydrogen (secondary N) is 1. The van der Waals surface area contributed by atoms with E-state index in [0.717, 1.165) is 39.2 Å². The van der Waals surface area contributed by atoms with Crippen LogP contribution in [0.1, 0.15) is 11.1 Å². The van der Waals surface area contributed by atoms with Gasteiger partial charge in [0.2, 0.25) is 5.88 Å². The van der Waals surface area contributed by atoms with Crippen LogP contribution < -0.4 is 10.1 Å². The molecule has 0 saturated heterocycles. The predicted octanol–water partition coefficient (Wildman–Crippen LogP) is 5.83. The smallest absolute Gasteiger partial charge is 0.300 e. The summed E-state index contributed by atoms with van der Waals surface area (Å²) < 4.78 is 11.9. The number of hydrogen-bond acceptors (Lipinski definition) is 7. The van der Waals surface area contributed by atoms with E-state index in [-0.39, 0.29) is 0 Å². The molecule has 0 aliphatic rings. The number of anilines is 2. The molecule has 7 heteroatoms. The molecule has 3 aromatic heterocycles. The molecule has 3 heterocycles. The molecule has 1 N–H and O–H groups in total. The van der Waals surface area contributed by atoms with Crippen LogP contribution in [0.5, 0.6) is 11.6 Å². The molecule has 5 rings (SSSR count). The van der Waals surface area contributed by atoms with Crippen molar-refractivity contribution < 1.29 is 9.15 Å². The lowest BCUT2D eigenvalue weighted by Gasteiger charge is -2.12. The second kappa shape index (κ2) is 7.87. The molecule has 152 valence electrons. The molecular weight excluding hydrogens is 390 g/mol. The summed E-state index contributed by atoms with van der Waals surface area (Å²) in [4.78, 5) is 17.1. The average Bonchev–Trinajstić information content (AvgIpc) is 3.18. The second-order valence-electron chi connectivity index (χ2n) is 7.15. The van der Waals surface area contributed by atoms with Crippen molar-refractivity contribution >= 4 is 22.8 Å². The SMILES string of the molecule is Cc1ccc2nc(Nc3ccc(Oc4ncccc4-c4ccncn4)c(C)c3)oc2c1. The first-order valence-corrected chi connectivity index (χ1v) is 9.80. The van der Waals surface area contributed by atoms with Gasteiger partial charge in [0.05, 0.1) is 11.3 Å². The van der Waals surface area contributed by atoms with Crippen LogP contribution in [0.4, 0.5) is 11.7 Å². The topological polar surface area (TPSA) is 86.0 Å². The van der Waals surface area contributed by atoms with E-state index in [9.17, 15) is 0 Å². The largest absolute Gasteiger partial charge is 0.438 e. The molecule has 0 aliphatic carbocycles. The normalized spacial score (nSPS) is 10.9. The van der Waals surface area contributed by atoms with Crippen LogP contribution >= 0.6 is 0 Å². The van der Waals surface area contributed by atoms with E-state index in [2.05, 4.69) is 25.3 Å². The summed E-state index contributed by atoms with van der Waals surface area (Å²) >= 11 is 0. The minimum absolute atomic E-state index is 0.449. The van der Waals surface area contributed by atoms with Crippen molar-refractivity contribution in [3.8, 4) is 22.9 Å². The highest BCUT2D eigenvalue weighted by Crippen LogP contribution is 2.33. The molecule has 2 aromatic carbocycles. The summed E-state index contributed by atoms with van der Waals surface area (Å²) in [6.45, 7) is 4.00. The van der Waals surface area contributed by atoms with Crippen molar-refractivity contribution in [2.24, 2.45) is 0 Å². The van der Waals surface area contributed by atoms with E-state index >= 15 is 0 Å². The van der Waals surface area contributed by atoms with E-state index in [1.54, 1.807) is 12.4 Å². The van der Waals surface area contributed by atoms with E-state index in [0.29, 0.717) is 17.6 Å². The van der Waals surface area contributed by atoms with Crippen LogP contribution in [0.25, 0.3) is 22.4 Å². The van der Waals surface area contributed by atoms with Gasteiger partial charge in [-0.25, -0.2) is 15.0 Å². The number of nitrogens with zero attached hydrogens (tertiary/aromatic N) is 4. The fourth-order valence-corrected chi connectivity index (χ4v) is 3.27. The summed E-state index contributed by atoms with van der Waals surface area (Å²) in [5.41, 5.74) is 6.04. The molecule has 0 fully saturated rings. The summed E-state index contributed by atoms with van der Waals surface area (Å²) in [7, 11) is 0. The average molecular weight is 409 g/mol. The molecule has 0 unspecified atom stereocenters. The van der Waals surface area contributed by atoms with Crippen molar-refractivity contribution in [1.29, 1.82) is 0 Å². The van der Waals surface area contributed by atoms with Gasteiger partial charge in [-0.15, -0.1) is 0 Å². The van der Waals surface area contributed by atoms with Gasteiger partial charge in [-0.3, -0.25) is 0 Å². The van der Waals surface area contributed by atoms with Gasteiger partial charge >= 0.3 is 0 Å². The van der Waals surface area contributed by atoms with Gasteiger partial charge in [-0.05, 0) is 73.5 Å². The van der Waals surface area contributed by atoms with Crippen LogP contribution in [0.15, 0.2) is 77.7 Å². The Morgan fingerprint density at radius 1 is 0.935 bits per heavy atom. The molecule has 0 radical (unpaired) electrons. The van der Waals surface area contributed by atoms with Crippen LogP contribution in [-0.4, -0.2) is 19.9 Å². The molecule has 31 heavy (non-hydrogen) atoms. The number of fused-ring (bicyclic) bond motifs is 1. The fraction of sp³-hybridized carbons (Fsp3) is 0.0833. The number of pyridine rings is 1. The van der Waals surface area contributed by atoms with Gasteiger partial charge < -0.3 is 14.5 Å². The highest BCUT2D eigenvalue weighted by Gasteiger charge is 2.12. The summed E-state index contributed by atoms with van der Waals surface area (Å²) in [6, 6.07) is 17.8. The quantitative estimate of drug-likeness (QED) is 0.391. The molecule has 0 spiro atoms. The Labute approximate surface area is 178 Å². The van der Waals surface area contributed by atoms with Gasteiger partial charge in [0.15, 0.2) is 5.58 Å². The lowest BCUT2D eigenvalue weighted by atomic mass is 10.2. The Hall–Kier alpha value is -4.26. The zero-order valence-corrected chi connectivity index (χ0v) is 17.0. The molecule has 0 amide bonds. The monoisotopic (exact) mass is 409 g/mol. The number of benzene rings is 2. The predicted molar refractivity (Wildman–Crippen MR) is 119 cm³/mol. The van der Waals surface area contributed by atoms with Crippen LogP contribution in [0, 0.1) is 13.8 Å². The Kier molecular flexibility index (Phi) is 4.76. The maximum Gasteiger partial charge on any atom is 0.300 e. The zero-order valence-electron chi connectivity index (χ0n) is 17.0. The minimum Gasteiger partial charge on any atom is -0.438 e. The number of hydrogen-bond donors (Lipinski definition) is 1. The first kappa shape index (κ1) is 18.7. The molecule has 0 atom stereocenters. The maximum atomic E-state index is 6.12. The van der Waals surface area contributed by atoms with E-state index in [4.69, 9.17) is 9.15 Å². The number of aromatic nitrogens is 4. The molecule has 0 saturated carbocycles. The lowest BCUT2D eigenvalue weighted by molar-refractivity contribution is 0.461. The summed E-state index contributed by atoms with van der Waals surface area (Å²) in [5, 5.41) is 3.22. The van der Waals surface area contributed by atoms with Crippen molar-refractivity contribution in [2.75, 3.05) is 5.32 Å². The van der Waals surface area contributed by atoms with Gasteiger partial charge in [-0.2, -0.15) is 4.98 Å². The number of oxazole rings is 1. The molecule has 5 aromatic rings. The van der Waals surface area contributed by atoms with Crippen molar-refractivity contribution in [3.05, 3.63) is 84.4 Å². The fourth-order valence-electron chi connectivity index (χ4n) is 3.27. The Morgan fingerprint density at radius 3 is 2.71 bits per heavy atom. The molecule has 0 bridgehead atoms. The third-order valence-electron chi connectivity index (χ3n) is 4.81. The Morgan fingerprint density at radius 2 is 1.87 bits per heavy atom. The van der Waals surface area contributed by atoms with Gasteiger partial charge in [0, 0.05) is 18.1 Å². The van der Waals surface area contributed by atoms with Crippen molar-refractivity contribution in [3.63, 3.8) is 0 Å². The number of rotatable bonds is 5. The molecular formula is C24H19N5O2. The second-order valence-corrected chi connectivity index (χ2v) is 7.15. The van der Waals surface area contributed by atoms with Gasteiger partial charge in [0.25, 0.3) is 6.01 Å². The third kappa shape index (κ3) is 3.93. The minimum atomic E-state index is 0.449. The standard InChI is InChI=1S/C24H19N5O2/c1-15-5-7-20-22(12-15)31-24(29-20)28-17-6-8-21(16(2)13-17)30-23-18(4-3-10-26-23)19-9-11-25-14-27-19/h3-14H,1-2H3,(H,28,29). The van der Waals surface area contributed by atoms with Crippen molar-refractivity contribution in [1.82, 2.24) is 19.9 Å². The van der Waals surface area contributed by atoms with Crippen LogP contribution in [-0.2, 0) is 0 Å². The highest BCUT2D eigenvalue weighted by atomic mass is 16.5. The Bertz CT molecular complexity index is 1370. The van der Waals surface area contributed by atoms with Crippen LogP contribution in [0.2, 0.25) is 0 Å².